The molecule has 0 aliphatic carbocycles. The van der Waals surface area contributed by atoms with E-state index in [4.69, 9.17) is 14.2 Å². The molecule has 182 valence electrons. The van der Waals surface area contributed by atoms with E-state index in [0.29, 0.717) is 44.1 Å². The number of amides is 2. The lowest BCUT2D eigenvalue weighted by Gasteiger charge is -2.34. The number of ether oxygens (including phenoxy) is 3. The fourth-order valence-electron chi connectivity index (χ4n) is 4.05. The average molecular weight is 475 g/mol. The zero-order chi connectivity index (χ0) is 24.6. The highest BCUT2D eigenvalue weighted by atomic mass is 16.6. The molecule has 7 heteroatoms. The maximum Gasteiger partial charge on any atom is 0.409 e. The van der Waals surface area contributed by atoms with E-state index in [1.165, 1.54) is 0 Å². The van der Waals surface area contributed by atoms with Gasteiger partial charge < -0.3 is 24.0 Å². The summed E-state index contributed by atoms with van der Waals surface area (Å²) in [6.45, 7) is 4.22. The number of rotatable bonds is 7. The van der Waals surface area contributed by atoms with Gasteiger partial charge in [-0.25, -0.2) is 4.79 Å². The molecule has 3 aromatic rings. The van der Waals surface area contributed by atoms with Crippen LogP contribution in [-0.4, -0.2) is 61.7 Å². The highest BCUT2D eigenvalue weighted by Gasteiger charge is 2.26. The molecule has 0 radical (unpaired) electrons. The quantitative estimate of drug-likeness (QED) is 0.489. The fourth-order valence-corrected chi connectivity index (χ4v) is 4.05. The van der Waals surface area contributed by atoms with E-state index in [2.05, 4.69) is 12.1 Å². The summed E-state index contributed by atoms with van der Waals surface area (Å²) in [5.74, 6) is 1.32. The van der Waals surface area contributed by atoms with Crippen molar-refractivity contribution >= 4 is 12.0 Å². The smallest absolute Gasteiger partial charge is 0.409 e. The van der Waals surface area contributed by atoms with Crippen LogP contribution in [0.15, 0.2) is 72.8 Å². The number of benzene rings is 3. The van der Waals surface area contributed by atoms with Crippen molar-refractivity contribution in [3.8, 4) is 22.6 Å². The molecule has 0 bridgehead atoms. The molecule has 4 rings (SSSR count). The predicted molar refractivity (Wildman–Crippen MR) is 134 cm³/mol. The average Bonchev–Trinajstić information content (AvgIpc) is 2.92. The molecule has 3 aromatic carbocycles. The largest absolute Gasteiger partial charge is 0.496 e. The zero-order valence-electron chi connectivity index (χ0n) is 20.1. The molecule has 0 aromatic heterocycles. The van der Waals surface area contributed by atoms with Gasteiger partial charge >= 0.3 is 6.09 Å². The Kier molecular flexibility index (Phi) is 7.88. The van der Waals surface area contributed by atoms with Gasteiger partial charge in [0.2, 0.25) is 0 Å². The summed E-state index contributed by atoms with van der Waals surface area (Å²) in [5.41, 5.74) is 3.62. The van der Waals surface area contributed by atoms with Crippen molar-refractivity contribution in [2.45, 2.75) is 13.5 Å². The van der Waals surface area contributed by atoms with Crippen molar-refractivity contribution in [1.82, 2.24) is 9.80 Å². The van der Waals surface area contributed by atoms with Crippen LogP contribution in [0.3, 0.4) is 0 Å². The molecule has 1 saturated heterocycles. The lowest BCUT2D eigenvalue weighted by Crippen LogP contribution is -2.50. The third-order valence-corrected chi connectivity index (χ3v) is 5.98. The first kappa shape index (κ1) is 24.1. The minimum Gasteiger partial charge on any atom is -0.496 e. The van der Waals surface area contributed by atoms with Crippen LogP contribution in [0.2, 0.25) is 0 Å². The van der Waals surface area contributed by atoms with Gasteiger partial charge in [0.05, 0.1) is 13.7 Å². The van der Waals surface area contributed by atoms with Crippen LogP contribution in [0.5, 0.6) is 11.5 Å². The number of piperazine rings is 1. The first-order valence-electron chi connectivity index (χ1n) is 11.7. The Morgan fingerprint density at radius 2 is 1.49 bits per heavy atom. The third-order valence-electron chi connectivity index (χ3n) is 5.98. The summed E-state index contributed by atoms with van der Waals surface area (Å²) in [6.07, 6.45) is -0.333. The second kappa shape index (κ2) is 11.4. The first-order valence-corrected chi connectivity index (χ1v) is 11.7. The molecule has 0 N–H and O–H groups in total. The molecule has 0 unspecified atom stereocenters. The van der Waals surface area contributed by atoms with Crippen LogP contribution < -0.4 is 9.47 Å². The molecule has 1 aliphatic rings. The lowest BCUT2D eigenvalue weighted by molar-refractivity contribution is 0.0570. The predicted octanol–water partition coefficient (Wildman–Crippen LogP) is 4.86. The van der Waals surface area contributed by atoms with Crippen molar-refractivity contribution < 1.29 is 23.8 Å². The highest BCUT2D eigenvalue weighted by molar-refractivity contribution is 5.94. The van der Waals surface area contributed by atoms with Crippen molar-refractivity contribution in [3.05, 3.63) is 83.9 Å². The summed E-state index contributed by atoms with van der Waals surface area (Å²) in [6, 6.07) is 23.5. The topological polar surface area (TPSA) is 68.3 Å². The summed E-state index contributed by atoms with van der Waals surface area (Å²) in [5, 5.41) is 0. The van der Waals surface area contributed by atoms with E-state index in [0.717, 1.165) is 22.4 Å². The van der Waals surface area contributed by atoms with Crippen LogP contribution in [0.1, 0.15) is 22.8 Å². The molecule has 2 amide bonds. The van der Waals surface area contributed by atoms with Gasteiger partial charge in [-0.3, -0.25) is 4.79 Å². The van der Waals surface area contributed by atoms with E-state index < -0.39 is 0 Å². The van der Waals surface area contributed by atoms with E-state index in [1.807, 2.05) is 48.5 Å². The van der Waals surface area contributed by atoms with Gasteiger partial charge in [0.25, 0.3) is 5.91 Å². The Hall–Kier alpha value is -4.00. The summed E-state index contributed by atoms with van der Waals surface area (Å²) in [4.78, 5) is 28.4. The van der Waals surface area contributed by atoms with Gasteiger partial charge in [0, 0.05) is 37.3 Å². The Morgan fingerprint density at radius 1 is 0.829 bits per heavy atom. The molecule has 1 heterocycles. The molecule has 1 fully saturated rings. The van der Waals surface area contributed by atoms with Crippen LogP contribution in [0.4, 0.5) is 4.79 Å². The number of hydrogen-bond acceptors (Lipinski definition) is 5. The van der Waals surface area contributed by atoms with E-state index >= 15 is 0 Å². The Morgan fingerprint density at radius 3 is 2.14 bits per heavy atom. The monoisotopic (exact) mass is 474 g/mol. The fraction of sp³-hybridized carbons (Fsp3) is 0.286. The summed E-state index contributed by atoms with van der Waals surface area (Å²) in [7, 11) is 1.60. The van der Waals surface area contributed by atoms with Crippen molar-refractivity contribution in [1.29, 1.82) is 0 Å². The van der Waals surface area contributed by atoms with Crippen molar-refractivity contribution in [2.75, 3.05) is 39.9 Å². The third kappa shape index (κ3) is 5.93. The van der Waals surface area contributed by atoms with Gasteiger partial charge in [-0.05, 0) is 48.4 Å². The summed E-state index contributed by atoms with van der Waals surface area (Å²) >= 11 is 0. The van der Waals surface area contributed by atoms with Gasteiger partial charge in [-0.2, -0.15) is 0 Å². The maximum atomic E-state index is 13.1. The van der Waals surface area contributed by atoms with Crippen LogP contribution in [-0.2, 0) is 11.3 Å². The van der Waals surface area contributed by atoms with Crippen LogP contribution >= 0.6 is 0 Å². The molecular formula is C28H30N2O5. The number of hydrogen-bond donors (Lipinski definition) is 0. The van der Waals surface area contributed by atoms with Gasteiger partial charge in [-0.15, -0.1) is 0 Å². The summed E-state index contributed by atoms with van der Waals surface area (Å²) < 4.78 is 16.5. The Labute approximate surface area is 205 Å². The molecule has 0 spiro atoms. The zero-order valence-corrected chi connectivity index (χ0v) is 20.1. The van der Waals surface area contributed by atoms with Crippen molar-refractivity contribution in [2.24, 2.45) is 0 Å². The number of carbonyl (C=O) groups excluding carboxylic acids is 2. The second-order valence-electron chi connectivity index (χ2n) is 8.18. The number of nitrogens with zero attached hydrogens (tertiary/aromatic N) is 2. The molecule has 7 nitrogen and oxygen atoms in total. The first-order chi connectivity index (χ1) is 17.1. The SMILES string of the molecule is CCOC(=O)N1CCN(C(=O)c2ccc(OC)c(COc3ccc(-c4ccccc4)cc3)c2)CC1. The Balaban J connectivity index is 1.40. The second-order valence-corrected chi connectivity index (χ2v) is 8.18. The molecule has 0 saturated carbocycles. The van der Waals surface area contributed by atoms with E-state index in [9.17, 15) is 9.59 Å². The maximum absolute atomic E-state index is 13.1. The molecular weight excluding hydrogens is 444 g/mol. The van der Waals surface area contributed by atoms with Crippen molar-refractivity contribution in [3.63, 3.8) is 0 Å². The number of carbonyl (C=O) groups is 2. The molecule has 1 aliphatic heterocycles. The highest BCUT2D eigenvalue weighted by Crippen LogP contribution is 2.25. The van der Waals surface area contributed by atoms with E-state index in [1.54, 1.807) is 36.0 Å². The normalized spacial score (nSPS) is 13.3. The number of methoxy groups -OCH3 is 1. The van der Waals surface area contributed by atoms with Gasteiger partial charge in [-0.1, -0.05) is 42.5 Å². The molecule has 35 heavy (non-hydrogen) atoms. The Bertz CT molecular complexity index is 1140. The van der Waals surface area contributed by atoms with E-state index in [-0.39, 0.29) is 18.6 Å². The minimum atomic E-state index is -0.333. The van der Waals surface area contributed by atoms with Crippen LogP contribution in [0.25, 0.3) is 11.1 Å². The van der Waals surface area contributed by atoms with Gasteiger partial charge in [0.1, 0.15) is 18.1 Å². The van der Waals surface area contributed by atoms with Gasteiger partial charge in [0.15, 0.2) is 0 Å². The minimum absolute atomic E-state index is 0.0791. The standard InChI is InChI=1S/C28H30N2O5/c1-3-34-28(32)30-17-15-29(16-18-30)27(31)23-11-14-26(33-2)24(19-23)20-35-25-12-9-22(10-13-25)21-7-5-4-6-8-21/h4-14,19H,3,15-18,20H2,1-2H3. The van der Waals surface area contributed by atoms with Crippen LogP contribution in [0, 0.1) is 0 Å². The lowest BCUT2D eigenvalue weighted by atomic mass is 10.1. The molecule has 0 atom stereocenters.